The largest absolute Gasteiger partial charge is 0.331 e. The molecule has 7 heteroatoms. The highest BCUT2D eigenvalue weighted by Crippen LogP contribution is 2.22. The van der Waals surface area contributed by atoms with Crippen molar-refractivity contribution in [2.45, 2.75) is 6.92 Å². The van der Waals surface area contributed by atoms with Crippen molar-refractivity contribution in [1.29, 1.82) is 0 Å². The summed E-state index contributed by atoms with van der Waals surface area (Å²) in [7, 11) is 0. The fraction of sp³-hybridized carbons (Fsp3) is 0.0556. The molecule has 3 aromatic rings. The number of carbonyl (C=O) groups is 1. The molecule has 0 atom stereocenters. The van der Waals surface area contributed by atoms with Crippen LogP contribution in [0.2, 0.25) is 5.02 Å². The van der Waals surface area contributed by atoms with E-state index in [-0.39, 0.29) is 11.0 Å². The van der Waals surface area contributed by atoms with Crippen molar-refractivity contribution in [1.82, 2.24) is 10.3 Å². The fourth-order valence-electron chi connectivity index (χ4n) is 2.34. The summed E-state index contributed by atoms with van der Waals surface area (Å²) in [6, 6.07) is 14.9. The molecule has 2 N–H and O–H groups in total. The molecule has 25 heavy (non-hydrogen) atoms. The van der Waals surface area contributed by atoms with Crippen LogP contribution in [0.25, 0.3) is 10.9 Å². The van der Waals surface area contributed by atoms with Crippen LogP contribution in [-0.4, -0.2) is 16.0 Å². The van der Waals surface area contributed by atoms with E-state index >= 15 is 0 Å². The van der Waals surface area contributed by atoms with Crippen LogP contribution in [0.5, 0.6) is 0 Å². The topological polar surface area (TPSA) is 54.0 Å². The van der Waals surface area contributed by atoms with E-state index in [0.29, 0.717) is 10.6 Å². The van der Waals surface area contributed by atoms with E-state index in [9.17, 15) is 4.79 Å². The number of carbonyl (C=O) groups excluding carboxylic acids is 1. The Morgan fingerprint density at radius 2 is 2.00 bits per heavy atom. The van der Waals surface area contributed by atoms with Crippen molar-refractivity contribution in [3.05, 3.63) is 68.4 Å². The van der Waals surface area contributed by atoms with E-state index < -0.39 is 0 Å². The summed E-state index contributed by atoms with van der Waals surface area (Å²) >= 11 is 13.5. The number of nitrogens with zero attached hydrogens (tertiary/aromatic N) is 1. The number of nitrogens with one attached hydrogen (secondary N) is 2. The molecular formula is C18H13ClIN3OS. The maximum atomic E-state index is 12.4. The molecule has 0 aliphatic heterocycles. The standard InChI is InChI=1S/C18H13ClIN3OS/c1-10-5-6-11-3-2-4-15(16(11)21-10)22-18(25)23-17(24)13-9-12(20)7-8-14(13)19/h2-9H,1H3,(H2,22,23,24,25). The number of hydrogen-bond acceptors (Lipinski definition) is 3. The second kappa shape index (κ2) is 7.63. The Bertz CT molecular complexity index is 993. The Labute approximate surface area is 169 Å². The minimum atomic E-state index is -0.356. The third-order valence-electron chi connectivity index (χ3n) is 3.51. The van der Waals surface area contributed by atoms with Gasteiger partial charge in [-0.2, -0.15) is 0 Å². The van der Waals surface area contributed by atoms with Crippen LogP contribution in [0.15, 0.2) is 48.5 Å². The number of halogens is 2. The first-order valence-corrected chi connectivity index (χ1v) is 9.24. The van der Waals surface area contributed by atoms with E-state index in [2.05, 4.69) is 38.2 Å². The Morgan fingerprint density at radius 1 is 1.20 bits per heavy atom. The highest BCUT2D eigenvalue weighted by Gasteiger charge is 2.13. The molecule has 3 rings (SSSR count). The number of para-hydroxylation sites is 1. The van der Waals surface area contributed by atoms with E-state index in [4.69, 9.17) is 23.8 Å². The van der Waals surface area contributed by atoms with E-state index in [1.807, 2.05) is 43.3 Å². The van der Waals surface area contributed by atoms with Gasteiger partial charge in [-0.05, 0) is 72.1 Å². The number of thiocarbonyl (C=S) groups is 1. The number of rotatable bonds is 2. The molecular weight excluding hydrogens is 469 g/mol. The Balaban J connectivity index is 1.80. The second-order valence-corrected chi connectivity index (χ2v) is 7.42. The van der Waals surface area contributed by atoms with Gasteiger partial charge >= 0.3 is 0 Å². The molecule has 2 aromatic carbocycles. The zero-order valence-electron chi connectivity index (χ0n) is 13.1. The van der Waals surface area contributed by atoms with Crippen LogP contribution in [0.1, 0.15) is 16.1 Å². The quantitative estimate of drug-likeness (QED) is 0.403. The zero-order valence-corrected chi connectivity index (χ0v) is 16.9. The predicted octanol–water partition coefficient (Wildman–Crippen LogP) is 4.93. The summed E-state index contributed by atoms with van der Waals surface area (Å²) in [6.45, 7) is 1.93. The Kier molecular flexibility index (Phi) is 5.51. The molecule has 0 saturated heterocycles. The summed E-state index contributed by atoms with van der Waals surface area (Å²) in [6.07, 6.45) is 0. The van der Waals surface area contributed by atoms with Gasteiger partial charge in [-0.3, -0.25) is 15.1 Å². The number of amides is 1. The molecule has 0 spiro atoms. The number of fused-ring (bicyclic) bond motifs is 1. The van der Waals surface area contributed by atoms with Gasteiger partial charge in [0.1, 0.15) is 0 Å². The van der Waals surface area contributed by atoms with Crippen molar-refractivity contribution in [3.63, 3.8) is 0 Å². The lowest BCUT2D eigenvalue weighted by atomic mass is 10.2. The van der Waals surface area contributed by atoms with Gasteiger partial charge < -0.3 is 5.32 Å². The SMILES string of the molecule is Cc1ccc2cccc(NC(=S)NC(=O)c3cc(I)ccc3Cl)c2n1. The van der Waals surface area contributed by atoms with Crippen LogP contribution in [-0.2, 0) is 0 Å². The molecule has 0 aliphatic rings. The molecule has 0 bridgehead atoms. The Hall–Kier alpha value is -1.77. The summed E-state index contributed by atoms with van der Waals surface area (Å²) in [5.41, 5.74) is 2.82. The Morgan fingerprint density at radius 3 is 2.80 bits per heavy atom. The van der Waals surface area contributed by atoms with Crippen LogP contribution >= 0.6 is 46.4 Å². The van der Waals surface area contributed by atoms with Gasteiger partial charge in [0.25, 0.3) is 5.91 Å². The predicted molar refractivity (Wildman–Crippen MR) is 114 cm³/mol. The van der Waals surface area contributed by atoms with E-state index in [1.165, 1.54) is 0 Å². The van der Waals surface area contributed by atoms with Gasteiger partial charge in [0, 0.05) is 14.7 Å². The molecule has 1 heterocycles. The van der Waals surface area contributed by atoms with Crippen molar-refractivity contribution >= 4 is 74.0 Å². The van der Waals surface area contributed by atoms with Crippen LogP contribution in [0.4, 0.5) is 5.69 Å². The lowest BCUT2D eigenvalue weighted by Gasteiger charge is -2.12. The zero-order chi connectivity index (χ0) is 18.0. The lowest BCUT2D eigenvalue weighted by Crippen LogP contribution is -2.34. The van der Waals surface area contributed by atoms with Crippen molar-refractivity contribution in [2.24, 2.45) is 0 Å². The van der Waals surface area contributed by atoms with Crippen molar-refractivity contribution in [3.8, 4) is 0 Å². The minimum Gasteiger partial charge on any atom is -0.331 e. The van der Waals surface area contributed by atoms with Gasteiger partial charge in [-0.15, -0.1) is 0 Å². The third-order valence-corrected chi connectivity index (χ3v) is 4.71. The van der Waals surface area contributed by atoms with Gasteiger partial charge in [-0.25, -0.2) is 0 Å². The lowest BCUT2D eigenvalue weighted by molar-refractivity contribution is 0.0978. The van der Waals surface area contributed by atoms with Crippen molar-refractivity contribution in [2.75, 3.05) is 5.32 Å². The van der Waals surface area contributed by atoms with Gasteiger partial charge in [0.15, 0.2) is 5.11 Å². The minimum absolute atomic E-state index is 0.190. The molecule has 0 saturated carbocycles. The summed E-state index contributed by atoms with van der Waals surface area (Å²) in [5.74, 6) is -0.356. The number of anilines is 1. The first-order chi connectivity index (χ1) is 11.9. The first kappa shape index (κ1) is 18.0. The van der Waals surface area contributed by atoms with Crippen LogP contribution in [0.3, 0.4) is 0 Å². The fourth-order valence-corrected chi connectivity index (χ4v) is 3.24. The molecule has 1 aromatic heterocycles. The van der Waals surface area contributed by atoms with Crippen LogP contribution in [0, 0.1) is 10.5 Å². The molecule has 126 valence electrons. The number of aromatic nitrogens is 1. The first-order valence-electron chi connectivity index (χ1n) is 7.38. The van der Waals surface area contributed by atoms with Gasteiger partial charge in [0.2, 0.25) is 0 Å². The molecule has 4 nitrogen and oxygen atoms in total. The summed E-state index contributed by atoms with van der Waals surface area (Å²) in [4.78, 5) is 16.9. The summed E-state index contributed by atoms with van der Waals surface area (Å²) in [5, 5.41) is 7.26. The number of benzene rings is 2. The molecule has 0 unspecified atom stereocenters. The van der Waals surface area contributed by atoms with E-state index in [1.54, 1.807) is 12.1 Å². The second-order valence-electron chi connectivity index (χ2n) is 5.36. The monoisotopic (exact) mass is 481 g/mol. The maximum absolute atomic E-state index is 12.4. The highest BCUT2D eigenvalue weighted by molar-refractivity contribution is 14.1. The van der Waals surface area contributed by atoms with E-state index in [0.717, 1.165) is 25.9 Å². The average Bonchev–Trinajstić information content (AvgIpc) is 2.57. The van der Waals surface area contributed by atoms with Crippen LogP contribution < -0.4 is 10.6 Å². The molecule has 0 radical (unpaired) electrons. The van der Waals surface area contributed by atoms with Gasteiger partial charge in [-0.1, -0.05) is 29.8 Å². The molecule has 0 aliphatic carbocycles. The number of hydrogen-bond donors (Lipinski definition) is 2. The molecule has 0 fully saturated rings. The number of pyridine rings is 1. The maximum Gasteiger partial charge on any atom is 0.258 e. The third kappa shape index (κ3) is 4.26. The van der Waals surface area contributed by atoms with Crippen molar-refractivity contribution < 1.29 is 4.79 Å². The van der Waals surface area contributed by atoms with Gasteiger partial charge in [0.05, 0.1) is 21.8 Å². The average molecular weight is 482 g/mol. The smallest absolute Gasteiger partial charge is 0.258 e. The summed E-state index contributed by atoms with van der Waals surface area (Å²) < 4.78 is 0.916. The normalized spacial score (nSPS) is 10.5. The highest BCUT2D eigenvalue weighted by atomic mass is 127. The molecule has 1 amide bonds. The number of aryl methyl sites for hydroxylation is 1.